The molecule has 0 aliphatic rings. The van der Waals surface area contributed by atoms with Gasteiger partial charge in [0.25, 0.3) is 0 Å². The molecule has 3 rings (SSSR count). The molecular weight excluding hydrogens is 427 g/mol. The van der Waals surface area contributed by atoms with Crippen LogP contribution in [0.3, 0.4) is 0 Å². The number of hydrogen-bond donors (Lipinski definition) is 1. The summed E-state index contributed by atoms with van der Waals surface area (Å²) in [5.41, 5.74) is -1.49. The third kappa shape index (κ3) is 4.38. The van der Waals surface area contributed by atoms with Gasteiger partial charge in [-0.05, 0) is 36.2 Å². The summed E-state index contributed by atoms with van der Waals surface area (Å²) in [6.45, 7) is 0.864. The highest BCUT2D eigenvalue weighted by Crippen LogP contribution is 2.36. The molecule has 0 saturated carbocycles. The Kier molecular flexibility index (Phi) is 5.97. The molecule has 0 fully saturated rings. The summed E-state index contributed by atoms with van der Waals surface area (Å²) in [4.78, 5) is 27.7. The number of anilines is 1. The van der Waals surface area contributed by atoms with Crippen molar-refractivity contribution < 1.29 is 31.5 Å². The number of thiazole rings is 1. The maximum absolute atomic E-state index is 14.1. The van der Waals surface area contributed by atoms with E-state index in [0.29, 0.717) is 6.29 Å². The van der Waals surface area contributed by atoms with Crippen molar-refractivity contribution in [3.8, 4) is 10.4 Å². The molecule has 0 bridgehead atoms. The van der Waals surface area contributed by atoms with Crippen molar-refractivity contribution >= 4 is 28.5 Å². The third-order valence-corrected chi connectivity index (χ3v) is 5.26. The Balaban J connectivity index is 1.85. The smallest absolute Gasteiger partial charge is 0.354 e. The second-order valence-electron chi connectivity index (χ2n) is 6.26. The van der Waals surface area contributed by atoms with Gasteiger partial charge in [0.05, 0.1) is 22.5 Å². The van der Waals surface area contributed by atoms with Crippen LogP contribution in [0.5, 0.6) is 0 Å². The molecule has 2 aromatic carbocycles. The number of ketones is 1. The molecular formula is C20H13F5N2O2S. The van der Waals surface area contributed by atoms with Crippen LogP contribution in [-0.2, 0) is 6.18 Å². The van der Waals surface area contributed by atoms with Crippen molar-refractivity contribution in [1.29, 1.82) is 0 Å². The minimum absolute atomic E-state index is 0.0475. The molecule has 3 aromatic rings. The van der Waals surface area contributed by atoms with E-state index in [4.69, 9.17) is 0 Å². The zero-order valence-electron chi connectivity index (χ0n) is 15.3. The van der Waals surface area contributed by atoms with Crippen molar-refractivity contribution in [1.82, 2.24) is 4.98 Å². The number of halogens is 5. The number of aromatic nitrogens is 1. The lowest BCUT2D eigenvalue weighted by molar-refractivity contribution is -0.137. The first-order valence-electron chi connectivity index (χ1n) is 8.47. The molecule has 10 heteroatoms. The summed E-state index contributed by atoms with van der Waals surface area (Å²) in [5, 5.41) is 2.62. The zero-order valence-corrected chi connectivity index (χ0v) is 16.1. The third-order valence-electron chi connectivity index (χ3n) is 4.18. The lowest BCUT2D eigenvalue weighted by Gasteiger charge is -2.08. The van der Waals surface area contributed by atoms with Gasteiger partial charge < -0.3 is 5.32 Å². The minimum atomic E-state index is -4.56. The number of aryl methyl sites for hydroxylation is 1. The summed E-state index contributed by atoms with van der Waals surface area (Å²) in [5.74, 6) is -2.86. The molecule has 1 heterocycles. The van der Waals surface area contributed by atoms with Crippen molar-refractivity contribution in [2.75, 3.05) is 11.9 Å². The predicted molar refractivity (Wildman–Crippen MR) is 102 cm³/mol. The van der Waals surface area contributed by atoms with Gasteiger partial charge in [-0.1, -0.05) is 29.5 Å². The Morgan fingerprint density at radius 1 is 1.20 bits per heavy atom. The van der Waals surface area contributed by atoms with Crippen LogP contribution in [-0.4, -0.2) is 23.6 Å². The van der Waals surface area contributed by atoms with Crippen LogP contribution in [0.2, 0.25) is 0 Å². The van der Waals surface area contributed by atoms with Crippen LogP contribution < -0.4 is 5.32 Å². The zero-order chi connectivity index (χ0) is 22.1. The number of carbonyl (C=O) groups excluding carboxylic acids is 2. The fraction of sp³-hybridized carbons (Fsp3) is 0.150. The molecule has 1 aromatic heterocycles. The lowest BCUT2D eigenvalue weighted by Crippen LogP contribution is -2.17. The lowest BCUT2D eigenvalue weighted by atomic mass is 10.1. The predicted octanol–water partition coefficient (Wildman–Crippen LogP) is 5.52. The molecule has 0 aliphatic heterocycles. The Morgan fingerprint density at radius 3 is 2.60 bits per heavy atom. The summed E-state index contributed by atoms with van der Waals surface area (Å²) in [6.07, 6.45) is -4.18. The number of carbonyl (C=O) groups is 2. The van der Waals surface area contributed by atoms with E-state index < -0.39 is 41.3 Å². The highest BCUT2D eigenvalue weighted by atomic mass is 32.1. The highest BCUT2D eigenvalue weighted by Gasteiger charge is 2.31. The summed E-state index contributed by atoms with van der Waals surface area (Å²) in [6, 6.07) is 6.55. The SMILES string of the molecule is Cc1ccc(F)c(C(=O)CNc2nc(C=O)c(-c3cccc(C(F)(F)F)c3)s2)c1F. The van der Waals surface area contributed by atoms with Crippen LogP contribution in [0.4, 0.5) is 27.1 Å². The van der Waals surface area contributed by atoms with Gasteiger partial charge in [0, 0.05) is 0 Å². The number of aldehydes is 1. The van der Waals surface area contributed by atoms with Gasteiger partial charge >= 0.3 is 6.18 Å². The molecule has 0 amide bonds. The van der Waals surface area contributed by atoms with Gasteiger partial charge in [-0.25, -0.2) is 13.8 Å². The molecule has 0 unspecified atom stereocenters. The number of rotatable bonds is 6. The number of alkyl halides is 3. The standard InChI is InChI=1S/C20H13F5N2O2S/c1-10-5-6-13(21)16(17(10)22)15(29)8-26-19-27-14(9-28)18(30-19)11-3-2-4-12(7-11)20(23,24)25/h2-7,9H,8H2,1H3,(H,26,27). The maximum Gasteiger partial charge on any atom is 0.416 e. The van der Waals surface area contributed by atoms with Gasteiger partial charge in [-0.15, -0.1) is 0 Å². The number of benzene rings is 2. The van der Waals surface area contributed by atoms with E-state index in [1.54, 1.807) is 0 Å². The van der Waals surface area contributed by atoms with Crippen molar-refractivity contribution in [3.05, 3.63) is 70.4 Å². The number of nitrogens with zero attached hydrogens (tertiary/aromatic N) is 1. The molecule has 0 saturated heterocycles. The van der Waals surface area contributed by atoms with Gasteiger partial charge in [0.1, 0.15) is 17.3 Å². The molecule has 156 valence electrons. The van der Waals surface area contributed by atoms with E-state index in [1.807, 2.05) is 0 Å². The Labute approximate surface area is 171 Å². The van der Waals surface area contributed by atoms with Crippen LogP contribution >= 0.6 is 11.3 Å². The summed E-state index contributed by atoms with van der Waals surface area (Å²) in [7, 11) is 0. The van der Waals surface area contributed by atoms with E-state index in [0.717, 1.165) is 29.5 Å². The molecule has 30 heavy (non-hydrogen) atoms. The summed E-state index contributed by atoms with van der Waals surface area (Å²) >= 11 is 0.845. The van der Waals surface area contributed by atoms with Crippen molar-refractivity contribution in [2.24, 2.45) is 0 Å². The van der Waals surface area contributed by atoms with E-state index in [9.17, 15) is 31.5 Å². The largest absolute Gasteiger partial charge is 0.416 e. The fourth-order valence-corrected chi connectivity index (χ4v) is 3.61. The Morgan fingerprint density at radius 2 is 1.93 bits per heavy atom. The van der Waals surface area contributed by atoms with Crippen molar-refractivity contribution in [2.45, 2.75) is 13.1 Å². The maximum atomic E-state index is 14.1. The Bertz CT molecular complexity index is 1120. The van der Waals surface area contributed by atoms with E-state index >= 15 is 0 Å². The van der Waals surface area contributed by atoms with Crippen LogP contribution in [0, 0.1) is 18.6 Å². The first-order chi connectivity index (χ1) is 14.1. The molecule has 4 nitrogen and oxygen atoms in total. The average Bonchev–Trinajstić information content (AvgIpc) is 3.12. The van der Waals surface area contributed by atoms with Crippen LogP contribution in [0.15, 0.2) is 36.4 Å². The van der Waals surface area contributed by atoms with E-state index in [2.05, 4.69) is 10.3 Å². The molecule has 1 N–H and O–H groups in total. The van der Waals surface area contributed by atoms with Gasteiger partial charge in [-0.3, -0.25) is 9.59 Å². The first-order valence-corrected chi connectivity index (χ1v) is 9.28. The minimum Gasteiger partial charge on any atom is -0.354 e. The van der Waals surface area contributed by atoms with Gasteiger partial charge in [-0.2, -0.15) is 13.2 Å². The fourth-order valence-electron chi connectivity index (χ4n) is 2.69. The van der Waals surface area contributed by atoms with Gasteiger partial charge in [0.15, 0.2) is 17.2 Å². The number of Topliss-reactive ketones (excluding diaryl/α,β-unsaturated/α-hetero) is 1. The van der Waals surface area contributed by atoms with Crippen LogP contribution in [0.25, 0.3) is 10.4 Å². The second-order valence-corrected chi connectivity index (χ2v) is 7.26. The van der Waals surface area contributed by atoms with E-state index in [1.165, 1.54) is 25.1 Å². The number of hydrogen-bond acceptors (Lipinski definition) is 5. The van der Waals surface area contributed by atoms with Crippen LogP contribution in [0.1, 0.15) is 32.0 Å². The molecule has 0 radical (unpaired) electrons. The quantitative estimate of drug-likeness (QED) is 0.311. The Hall–Kier alpha value is -3.14. The van der Waals surface area contributed by atoms with Crippen molar-refractivity contribution in [3.63, 3.8) is 0 Å². The van der Waals surface area contributed by atoms with E-state index in [-0.39, 0.29) is 26.8 Å². The first kappa shape index (κ1) is 21.6. The highest BCUT2D eigenvalue weighted by molar-refractivity contribution is 7.19. The molecule has 0 spiro atoms. The average molecular weight is 440 g/mol. The second kappa shape index (κ2) is 8.31. The number of nitrogens with one attached hydrogen (secondary N) is 1. The molecule has 0 aliphatic carbocycles. The molecule has 0 atom stereocenters. The summed E-state index contributed by atoms with van der Waals surface area (Å²) < 4.78 is 66.8. The van der Waals surface area contributed by atoms with Gasteiger partial charge in [0.2, 0.25) is 0 Å². The monoisotopic (exact) mass is 440 g/mol. The normalized spacial score (nSPS) is 11.4. The topological polar surface area (TPSA) is 59.1 Å².